The lowest BCUT2D eigenvalue weighted by Crippen LogP contribution is -2.10. The van der Waals surface area contributed by atoms with E-state index >= 15 is 0 Å². The summed E-state index contributed by atoms with van der Waals surface area (Å²) in [5.41, 5.74) is 3.59. The molecule has 0 atom stereocenters. The van der Waals surface area contributed by atoms with Gasteiger partial charge in [-0.3, -0.25) is 0 Å². The van der Waals surface area contributed by atoms with Gasteiger partial charge in [0.2, 0.25) is 0 Å². The molecule has 0 unspecified atom stereocenters. The second kappa shape index (κ2) is 4.96. The van der Waals surface area contributed by atoms with E-state index in [0.29, 0.717) is 0 Å². The third-order valence-electron chi connectivity index (χ3n) is 1.98. The van der Waals surface area contributed by atoms with Crippen molar-refractivity contribution in [3.8, 4) is 6.07 Å². The van der Waals surface area contributed by atoms with Gasteiger partial charge in [0.1, 0.15) is 6.07 Å². The molecule has 96 valence electrons. The Hall–Kier alpha value is -2.23. The molecule has 1 aromatic carbocycles. The van der Waals surface area contributed by atoms with Crippen molar-refractivity contribution in [3.63, 3.8) is 0 Å². The lowest BCUT2D eigenvalue weighted by atomic mass is 10.0. The first-order valence-corrected chi connectivity index (χ1v) is 4.87. The number of nitrogens with zero attached hydrogens (tertiary/aromatic N) is 3. The number of hydrogen-bond acceptors (Lipinski definition) is 3. The van der Waals surface area contributed by atoms with Crippen LogP contribution in [0.25, 0.3) is 0 Å². The summed E-state index contributed by atoms with van der Waals surface area (Å²) in [6.45, 7) is 0. The molecule has 0 aliphatic rings. The molecule has 7 heteroatoms. The Kier molecular flexibility index (Phi) is 3.81. The molecule has 0 fully saturated rings. The summed E-state index contributed by atoms with van der Waals surface area (Å²) < 4.78 is 38.2. The van der Waals surface area contributed by atoms with E-state index in [9.17, 15) is 13.2 Å². The third kappa shape index (κ3) is 3.13. The molecule has 18 heavy (non-hydrogen) atoms. The van der Waals surface area contributed by atoms with Crippen LogP contribution in [0.2, 0.25) is 0 Å². The summed E-state index contributed by atoms with van der Waals surface area (Å²) in [5.74, 6) is 0. The molecule has 1 aromatic rings. The van der Waals surface area contributed by atoms with E-state index in [2.05, 4.69) is 4.99 Å². The minimum Gasteiger partial charge on any atom is -0.399 e. The van der Waals surface area contributed by atoms with E-state index in [1.807, 2.05) is 0 Å². The molecular formula is C11H11F3N4. The highest BCUT2D eigenvalue weighted by atomic mass is 19.4. The Labute approximate surface area is 102 Å². The summed E-state index contributed by atoms with van der Waals surface area (Å²) in [6, 6.07) is 3.47. The number of nitriles is 1. The lowest BCUT2D eigenvalue weighted by molar-refractivity contribution is -0.137. The van der Waals surface area contributed by atoms with Crippen molar-refractivity contribution >= 4 is 17.7 Å². The van der Waals surface area contributed by atoms with Crippen LogP contribution in [0.15, 0.2) is 17.1 Å². The highest BCUT2D eigenvalue weighted by Crippen LogP contribution is 2.37. The van der Waals surface area contributed by atoms with Crippen molar-refractivity contribution in [2.24, 2.45) is 4.99 Å². The number of nitrogens with two attached hydrogens (primary N) is 1. The van der Waals surface area contributed by atoms with Gasteiger partial charge in [-0.1, -0.05) is 0 Å². The van der Waals surface area contributed by atoms with Crippen LogP contribution in [0.4, 0.5) is 24.5 Å². The minimum atomic E-state index is -4.64. The molecule has 0 aliphatic heterocycles. The number of hydrogen-bond donors (Lipinski definition) is 1. The topological polar surface area (TPSA) is 65.4 Å². The van der Waals surface area contributed by atoms with Crippen LogP contribution in [0.5, 0.6) is 0 Å². The maximum absolute atomic E-state index is 12.7. The predicted molar refractivity (Wildman–Crippen MR) is 62.4 cm³/mol. The average Bonchev–Trinajstić information content (AvgIpc) is 2.24. The van der Waals surface area contributed by atoms with E-state index in [4.69, 9.17) is 11.0 Å². The number of anilines is 1. The number of alkyl halides is 3. The predicted octanol–water partition coefficient (Wildman–Crippen LogP) is 2.38. The molecule has 0 heterocycles. The first-order valence-electron chi connectivity index (χ1n) is 4.87. The van der Waals surface area contributed by atoms with Gasteiger partial charge in [-0.15, -0.1) is 0 Å². The first-order chi connectivity index (χ1) is 8.25. The van der Waals surface area contributed by atoms with Crippen molar-refractivity contribution in [1.82, 2.24) is 4.90 Å². The second-order valence-electron chi connectivity index (χ2n) is 3.78. The van der Waals surface area contributed by atoms with Crippen LogP contribution in [0, 0.1) is 11.3 Å². The molecule has 1 rings (SSSR count). The van der Waals surface area contributed by atoms with Crippen LogP contribution in [-0.4, -0.2) is 25.3 Å². The van der Waals surface area contributed by atoms with Gasteiger partial charge in [0.25, 0.3) is 0 Å². The van der Waals surface area contributed by atoms with Crippen molar-refractivity contribution < 1.29 is 13.2 Å². The van der Waals surface area contributed by atoms with Crippen LogP contribution >= 0.6 is 0 Å². The molecule has 0 bridgehead atoms. The molecule has 2 N–H and O–H groups in total. The zero-order valence-corrected chi connectivity index (χ0v) is 9.78. The molecular weight excluding hydrogens is 245 g/mol. The van der Waals surface area contributed by atoms with Crippen LogP contribution in [0.3, 0.4) is 0 Å². The summed E-state index contributed by atoms with van der Waals surface area (Å²) in [5, 5.41) is 8.84. The van der Waals surface area contributed by atoms with E-state index in [0.717, 1.165) is 6.07 Å². The summed E-state index contributed by atoms with van der Waals surface area (Å²) in [6.07, 6.45) is -3.33. The summed E-state index contributed by atoms with van der Waals surface area (Å²) in [7, 11) is 3.32. The van der Waals surface area contributed by atoms with Gasteiger partial charge in [0.15, 0.2) is 0 Å². The molecule has 0 amide bonds. The highest BCUT2D eigenvalue weighted by molar-refractivity contribution is 5.70. The van der Waals surface area contributed by atoms with Gasteiger partial charge < -0.3 is 10.6 Å². The first kappa shape index (κ1) is 13.8. The van der Waals surface area contributed by atoms with Crippen molar-refractivity contribution in [2.75, 3.05) is 19.8 Å². The van der Waals surface area contributed by atoms with Crippen LogP contribution in [0.1, 0.15) is 11.1 Å². The Balaban J connectivity index is 3.45. The van der Waals surface area contributed by atoms with Gasteiger partial charge in [0, 0.05) is 19.8 Å². The van der Waals surface area contributed by atoms with E-state index in [1.165, 1.54) is 23.4 Å². The Morgan fingerprint density at radius 1 is 1.39 bits per heavy atom. The fraction of sp³-hybridized carbons (Fsp3) is 0.273. The zero-order chi connectivity index (χ0) is 13.9. The molecule has 0 aliphatic carbocycles. The Morgan fingerprint density at radius 2 is 2.00 bits per heavy atom. The van der Waals surface area contributed by atoms with Gasteiger partial charge in [-0.05, 0) is 12.1 Å². The van der Waals surface area contributed by atoms with Crippen molar-refractivity contribution in [1.29, 1.82) is 5.26 Å². The quantitative estimate of drug-likeness (QED) is 0.502. The van der Waals surface area contributed by atoms with Gasteiger partial charge in [0.05, 0.1) is 23.2 Å². The lowest BCUT2D eigenvalue weighted by Gasteiger charge is -2.12. The number of nitrogen functional groups attached to an aromatic ring is 1. The monoisotopic (exact) mass is 256 g/mol. The number of halogens is 3. The maximum atomic E-state index is 12.7. The molecule has 0 spiro atoms. The van der Waals surface area contributed by atoms with Gasteiger partial charge in [-0.2, -0.15) is 18.4 Å². The molecule has 0 saturated carbocycles. The van der Waals surface area contributed by atoms with Crippen molar-refractivity contribution in [3.05, 3.63) is 23.3 Å². The van der Waals surface area contributed by atoms with Crippen LogP contribution < -0.4 is 5.73 Å². The third-order valence-corrected chi connectivity index (χ3v) is 1.98. The Bertz CT molecular complexity index is 512. The maximum Gasteiger partial charge on any atom is 0.417 e. The number of rotatable bonds is 2. The minimum absolute atomic E-state index is 0.0905. The average molecular weight is 256 g/mol. The van der Waals surface area contributed by atoms with Gasteiger partial charge in [-0.25, -0.2) is 4.99 Å². The summed E-state index contributed by atoms with van der Waals surface area (Å²) in [4.78, 5) is 5.35. The molecule has 4 nitrogen and oxygen atoms in total. The molecule has 0 saturated heterocycles. The smallest absolute Gasteiger partial charge is 0.399 e. The van der Waals surface area contributed by atoms with E-state index in [1.54, 1.807) is 14.1 Å². The van der Waals surface area contributed by atoms with Crippen LogP contribution in [-0.2, 0) is 6.18 Å². The fourth-order valence-electron chi connectivity index (χ4n) is 1.27. The Morgan fingerprint density at radius 3 is 2.44 bits per heavy atom. The van der Waals surface area contributed by atoms with Gasteiger partial charge >= 0.3 is 6.18 Å². The zero-order valence-electron chi connectivity index (χ0n) is 9.78. The number of aliphatic imine (C=N–C) groups is 1. The highest BCUT2D eigenvalue weighted by Gasteiger charge is 2.35. The van der Waals surface area contributed by atoms with E-state index in [-0.39, 0.29) is 11.4 Å². The molecule has 0 radical (unpaired) electrons. The standard InChI is InChI=1S/C11H11F3N4/c1-18(2)6-17-10-4-7(16)3-9(8(10)5-15)11(12,13)14/h3-4,6H,16H2,1-2H3/b17-6+. The largest absolute Gasteiger partial charge is 0.417 e. The fourth-order valence-corrected chi connectivity index (χ4v) is 1.27. The molecule has 0 aromatic heterocycles. The summed E-state index contributed by atoms with van der Waals surface area (Å²) >= 11 is 0. The van der Waals surface area contributed by atoms with E-state index < -0.39 is 17.3 Å². The normalized spacial score (nSPS) is 11.6. The second-order valence-corrected chi connectivity index (χ2v) is 3.78. The van der Waals surface area contributed by atoms with Crippen molar-refractivity contribution in [2.45, 2.75) is 6.18 Å². The SMILES string of the molecule is CN(C)/C=N/c1cc(N)cc(C(F)(F)F)c1C#N. The number of benzene rings is 1.